The van der Waals surface area contributed by atoms with E-state index in [1.54, 1.807) is 0 Å². The summed E-state index contributed by atoms with van der Waals surface area (Å²) in [6.45, 7) is 2.41. The lowest BCUT2D eigenvalue weighted by Crippen LogP contribution is -2.55. The van der Waals surface area contributed by atoms with Crippen molar-refractivity contribution in [3.8, 4) is 0 Å². The molecule has 6 N–H and O–H groups in total. The summed E-state index contributed by atoms with van der Waals surface area (Å²) in [6, 6.07) is 6.04. The van der Waals surface area contributed by atoms with E-state index in [2.05, 4.69) is 10.2 Å². The topological polar surface area (TPSA) is 119 Å². The summed E-state index contributed by atoms with van der Waals surface area (Å²) in [7, 11) is -1.37. The van der Waals surface area contributed by atoms with Crippen LogP contribution in [0.5, 0.6) is 0 Å². The van der Waals surface area contributed by atoms with Crippen LogP contribution in [-0.2, 0) is 11.2 Å². The molecule has 2 heterocycles. The molecule has 1 fully saturated rings. The molecule has 0 aliphatic carbocycles. The Morgan fingerprint density at radius 1 is 1.44 bits per heavy atom. The Morgan fingerprint density at radius 3 is 2.93 bits per heavy atom. The van der Waals surface area contributed by atoms with Crippen molar-refractivity contribution in [3.63, 3.8) is 0 Å². The molecule has 148 valence electrons. The zero-order chi connectivity index (χ0) is 19.6. The fourth-order valence-corrected chi connectivity index (χ4v) is 4.55. The van der Waals surface area contributed by atoms with E-state index < -0.39 is 18.6 Å². The van der Waals surface area contributed by atoms with E-state index in [1.807, 2.05) is 18.2 Å². The lowest BCUT2D eigenvalue weighted by Gasteiger charge is -2.31. The van der Waals surface area contributed by atoms with E-state index in [9.17, 15) is 9.90 Å². The van der Waals surface area contributed by atoms with Crippen LogP contribution in [0.3, 0.4) is 0 Å². The number of hydrogen-bond acceptors (Lipinski definition) is 6. The van der Waals surface area contributed by atoms with Crippen LogP contribution in [0.25, 0.3) is 0 Å². The second-order valence-corrected chi connectivity index (χ2v) is 8.18. The van der Waals surface area contributed by atoms with Gasteiger partial charge in [0.1, 0.15) is 5.54 Å². The summed E-state index contributed by atoms with van der Waals surface area (Å²) in [4.78, 5) is 13.9. The SMILES string of the molecule is N[C@@]1(C(=O)O)CN(CC2NCCc3cc(Cl)ccc32)C[C@@H]1CCCB(O)O. The highest BCUT2D eigenvalue weighted by atomic mass is 35.5. The van der Waals surface area contributed by atoms with Crippen molar-refractivity contribution < 1.29 is 19.9 Å². The number of nitrogens with zero attached hydrogens (tertiary/aromatic N) is 1. The first-order valence-corrected chi connectivity index (χ1v) is 9.80. The molecule has 0 bridgehead atoms. The minimum atomic E-state index is -1.37. The van der Waals surface area contributed by atoms with Crippen molar-refractivity contribution in [2.24, 2.45) is 11.7 Å². The monoisotopic (exact) mass is 395 g/mol. The van der Waals surface area contributed by atoms with Crippen molar-refractivity contribution in [1.29, 1.82) is 0 Å². The van der Waals surface area contributed by atoms with Gasteiger partial charge >= 0.3 is 13.1 Å². The number of carboxylic acid groups (broad SMARTS) is 1. The third-order valence-corrected chi connectivity index (χ3v) is 6.05. The first kappa shape index (κ1) is 20.6. The van der Waals surface area contributed by atoms with Crippen LogP contribution in [0.4, 0.5) is 0 Å². The van der Waals surface area contributed by atoms with Crippen molar-refractivity contribution >= 4 is 24.7 Å². The molecule has 0 aromatic heterocycles. The Morgan fingerprint density at radius 2 is 2.22 bits per heavy atom. The third-order valence-electron chi connectivity index (χ3n) is 5.81. The third kappa shape index (κ3) is 4.64. The van der Waals surface area contributed by atoms with Gasteiger partial charge in [0, 0.05) is 36.6 Å². The molecular weight excluding hydrogens is 368 g/mol. The Balaban J connectivity index is 1.69. The Labute approximate surface area is 164 Å². The van der Waals surface area contributed by atoms with Gasteiger partial charge in [0.25, 0.3) is 0 Å². The molecule has 27 heavy (non-hydrogen) atoms. The van der Waals surface area contributed by atoms with Gasteiger partial charge in [0.05, 0.1) is 0 Å². The molecule has 0 spiro atoms. The van der Waals surface area contributed by atoms with E-state index in [1.165, 1.54) is 11.1 Å². The first-order chi connectivity index (χ1) is 12.8. The van der Waals surface area contributed by atoms with Crippen LogP contribution < -0.4 is 11.1 Å². The van der Waals surface area contributed by atoms with Crippen LogP contribution in [0.15, 0.2) is 18.2 Å². The van der Waals surface area contributed by atoms with E-state index in [-0.39, 0.29) is 24.8 Å². The van der Waals surface area contributed by atoms with Gasteiger partial charge < -0.3 is 26.2 Å². The van der Waals surface area contributed by atoms with E-state index in [4.69, 9.17) is 27.4 Å². The van der Waals surface area contributed by atoms with Gasteiger partial charge in [0.15, 0.2) is 0 Å². The molecule has 7 nitrogen and oxygen atoms in total. The smallest absolute Gasteiger partial charge is 0.451 e. The second kappa shape index (κ2) is 8.47. The predicted molar refractivity (Wildman–Crippen MR) is 105 cm³/mol. The van der Waals surface area contributed by atoms with Crippen molar-refractivity contribution in [1.82, 2.24) is 10.2 Å². The lowest BCUT2D eigenvalue weighted by molar-refractivity contribution is -0.144. The summed E-state index contributed by atoms with van der Waals surface area (Å²) in [5.74, 6) is -1.22. The number of carboxylic acids is 1. The number of nitrogens with two attached hydrogens (primary N) is 1. The second-order valence-electron chi connectivity index (χ2n) is 7.75. The van der Waals surface area contributed by atoms with Crippen LogP contribution in [0.1, 0.15) is 30.0 Å². The number of nitrogens with one attached hydrogen (secondary N) is 1. The van der Waals surface area contributed by atoms with Gasteiger partial charge in [0.2, 0.25) is 0 Å². The molecule has 0 saturated carbocycles. The summed E-state index contributed by atoms with van der Waals surface area (Å²) in [5, 5.41) is 32.0. The van der Waals surface area contributed by atoms with Crippen molar-refractivity contribution in [2.75, 3.05) is 26.2 Å². The molecule has 0 amide bonds. The Kier molecular flexibility index (Phi) is 6.45. The maximum absolute atomic E-state index is 11.8. The van der Waals surface area contributed by atoms with E-state index in [0.717, 1.165) is 18.0 Å². The van der Waals surface area contributed by atoms with Gasteiger partial charge in [-0.05, 0) is 49.0 Å². The molecule has 1 aromatic carbocycles. The normalized spacial score (nSPS) is 28.1. The molecule has 2 aliphatic heterocycles. The highest BCUT2D eigenvalue weighted by Gasteiger charge is 2.49. The van der Waals surface area contributed by atoms with Gasteiger partial charge in [-0.15, -0.1) is 0 Å². The molecule has 1 saturated heterocycles. The highest BCUT2D eigenvalue weighted by Crippen LogP contribution is 2.33. The fraction of sp³-hybridized carbons (Fsp3) is 0.611. The average Bonchev–Trinajstić information content (AvgIpc) is 2.91. The number of benzene rings is 1. The fourth-order valence-electron chi connectivity index (χ4n) is 4.36. The van der Waals surface area contributed by atoms with Crippen LogP contribution >= 0.6 is 11.6 Å². The highest BCUT2D eigenvalue weighted by molar-refractivity contribution is 6.40. The summed E-state index contributed by atoms with van der Waals surface area (Å²) < 4.78 is 0. The number of halogens is 1. The molecule has 0 radical (unpaired) electrons. The molecular formula is C18H27BClN3O4. The molecule has 1 unspecified atom stereocenters. The van der Waals surface area contributed by atoms with E-state index in [0.29, 0.717) is 25.9 Å². The molecule has 3 rings (SSSR count). The van der Waals surface area contributed by atoms with Crippen molar-refractivity contribution in [3.05, 3.63) is 34.3 Å². The minimum Gasteiger partial charge on any atom is -0.480 e. The largest absolute Gasteiger partial charge is 0.480 e. The predicted octanol–water partition coefficient (Wildman–Crippen LogP) is 0.494. The quantitative estimate of drug-likeness (QED) is 0.426. The van der Waals surface area contributed by atoms with Gasteiger partial charge in [-0.1, -0.05) is 24.1 Å². The molecule has 3 atom stereocenters. The summed E-state index contributed by atoms with van der Waals surface area (Å²) in [5.41, 5.74) is 7.40. The number of rotatable bonds is 7. The zero-order valence-corrected chi connectivity index (χ0v) is 16.0. The Hall–Kier alpha value is -1.16. The average molecular weight is 396 g/mol. The van der Waals surface area contributed by atoms with Gasteiger partial charge in [-0.25, -0.2) is 0 Å². The maximum atomic E-state index is 11.8. The van der Waals surface area contributed by atoms with Crippen LogP contribution in [0.2, 0.25) is 11.3 Å². The van der Waals surface area contributed by atoms with Crippen molar-refractivity contribution in [2.45, 2.75) is 37.2 Å². The van der Waals surface area contributed by atoms with Crippen LogP contribution in [-0.4, -0.2) is 64.9 Å². The number of likely N-dealkylation sites (tertiary alicyclic amines) is 1. The lowest BCUT2D eigenvalue weighted by atomic mass is 9.78. The first-order valence-electron chi connectivity index (χ1n) is 9.42. The maximum Gasteiger partial charge on any atom is 0.451 e. The summed E-state index contributed by atoms with van der Waals surface area (Å²) in [6.07, 6.45) is 2.24. The number of carbonyl (C=O) groups is 1. The zero-order valence-electron chi connectivity index (χ0n) is 15.3. The number of fused-ring (bicyclic) bond motifs is 1. The van der Waals surface area contributed by atoms with Crippen LogP contribution in [0, 0.1) is 5.92 Å². The number of aliphatic carboxylic acids is 1. The summed E-state index contributed by atoms with van der Waals surface area (Å²) >= 11 is 6.11. The Bertz CT molecular complexity index is 693. The molecule has 1 aromatic rings. The molecule has 2 aliphatic rings. The van der Waals surface area contributed by atoms with E-state index >= 15 is 0 Å². The molecule has 9 heteroatoms. The number of hydrogen-bond donors (Lipinski definition) is 5. The van der Waals surface area contributed by atoms with Gasteiger partial charge in [-0.2, -0.15) is 0 Å². The minimum absolute atomic E-state index is 0.113. The van der Waals surface area contributed by atoms with Gasteiger partial charge in [-0.3, -0.25) is 9.69 Å². The standard InChI is InChI=1S/C18H27BClN3O4/c20-14-3-4-15-12(8-14)5-7-22-16(15)10-23-9-13(2-1-6-19(26)27)18(21,11-23)17(24)25/h3-4,8,13,16,22,26-27H,1-2,5-7,9-11,21H2,(H,24,25)/t13-,16?,18-/m0/s1.